The minimum absolute atomic E-state index is 0.0853. The summed E-state index contributed by atoms with van der Waals surface area (Å²) in [7, 11) is 0. The van der Waals surface area contributed by atoms with E-state index in [0.29, 0.717) is 17.0 Å². The van der Waals surface area contributed by atoms with Crippen molar-refractivity contribution in [2.75, 3.05) is 47.8 Å². The largest absolute Gasteiger partial charge is 0.361 e. The number of halogens is 1. The lowest BCUT2D eigenvalue weighted by atomic mass is 9.79. The van der Waals surface area contributed by atoms with Crippen LogP contribution in [0.1, 0.15) is 70.3 Å². The third-order valence-corrected chi connectivity index (χ3v) is 8.69. The Morgan fingerprint density at radius 2 is 1.64 bits per heavy atom. The van der Waals surface area contributed by atoms with Crippen LogP contribution in [0.5, 0.6) is 0 Å². The van der Waals surface area contributed by atoms with Crippen LogP contribution in [0.15, 0.2) is 30.3 Å². The standard InChI is InChI=1S/C28H39ClN6S/c1-21-8-7-17-35(19-21)25-18-24(34-15-5-2-6-16-34)31-26(32-25)33-27(36)30-20-28(13-3-4-14-28)22-9-11-23(29)12-10-22/h9-12,18,21H,2-8,13-17,19-20H2,1H3,(H2,30,31,32,33,36). The zero-order valence-electron chi connectivity index (χ0n) is 21.4. The van der Waals surface area contributed by atoms with E-state index < -0.39 is 0 Å². The summed E-state index contributed by atoms with van der Waals surface area (Å²) in [5, 5.41) is 8.22. The summed E-state index contributed by atoms with van der Waals surface area (Å²) in [6.45, 7) is 7.32. The van der Waals surface area contributed by atoms with E-state index in [1.54, 1.807) is 0 Å². The van der Waals surface area contributed by atoms with Crippen molar-refractivity contribution in [2.24, 2.45) is 5.92 Å². The first kappa shape index (κ1) is 25.5. The molecule has 3 fully saturated rings. The summed E-state index contributed by atoms with van der Waals surface area (Å²) >= 11 is 11.9. The Labute approximate surface area is 226 Å². The molecule has 0 radical (unpaired) electrons. The maximum atomic E-state index is 6.16. The van der Waals surface area contributed by atoms with Crippen LogP contribution in [0.2, 0.25) is 5.02 Å². The van der Waals surface area contributed by atoms with Gasteiger partial charge in [0.05, 0.1) is 0 Å². The Morgan fingerprint density at radius 1 is 0.972 bits per heavy atom. The molecule has 1 saturated carbocycles. The molecule has 5 rings (SSSR count). The third-order valence-electron chi connectivity index (χ3n) is 8.19. The highest BCUT2D eigenvalue weighted by atomic mass is 35.5. The minimum atomic E-state index is 0.0853. The van der Waals surface area contributed by atoms with Gasteiger partial charge in [-0.2, -0.15) is 9.97 Å². The molecule has 2 saturated heterocycles. The highest BCUT2D eigenvalue weighted by Crippen LogP contribution is 2.41. The molecular formula is C28H39ClN6S. The molecule has 0 amide bonds. The average molecular weight is 527 g/mol. The van der Waals surface area contributed by atoms with Gasteiger partial charge < -0.3 is 20.4 Å². The summed E-state index contributed by atoms with van der Waals surface area (Å²) in [5.41, 5.74) is 1.42. The number of nitrogens with zero attached hydrogens (tertiary/aromatic N) is 4. The molecule has 2 N–H and O–H groups in total. The van der Waals surface area contributed by atoms with E-state index in [0.717, 1.165) is 62.2 Å². The van der Waals surface area contributed by atoms with E-state index in [1.165, 1.54) is 50.5 Å². The first-order chi connectivity index (χ1) is 17.5. The fraction of sp³-hybridized carbons (Fsp3) is 0.607. The molecule has 6 nitrogen and oxygen atoms in total. The van der Waals surface area contributed by atoms with Crippen molar-refractivity contribution >= 4 is 46.5 Å². The summed E-state index contributed by atoms with van der Waals surface area (Å²) < 4.78 is 0. The molecule has 1 unspecified atom stereocenters. The minimum Gasteiger partial charge on any atom is -0.361 e. The van der Waals surface area contributed by atoms with E-state index in [1.807, 2.05) is 12.1 Å². The Kier molecular flexibility index (Phi) is 8.16. The highest BCUT2D eigenvalue weighted by molar-refractivity contribution is 7.80. The first-order valence-corrected chi connectivity index (χ1v) is 14.5. The van der Waals surface area contributed by atoms with Crippen LogP contribution in [-0.2, 0) is 5.41 Å². The van der Waals surface area contributed by atoms with Crippen LogP contribution in [0.25, 0.3) is 0 Å². The van der Waals surface area contributed by atoms with E-state index in [-0.39, 0.29) is 5.41 Å². The van der Waals surface area contributed by atoms with Gasteiger partial charge in [0.15, 0.2) is 5.11 Å². The quantitative estimate of drug-likeness (QED) is 0.437. The highest BCUT2D eigenvalue weighted by Gasteiger charge is 2.35. The number of hydrogen-bond donors (Lipinski definition) is 2. The summed E-state index contributed by atoms with van der Waals surface area (Å²) in [6.07, 6.45) is 11.0. The second-order valence-electron chi connectivity index (χ2n) is 11.0. The lowest BCUT2D eigenvalue weighted by molar-refractivity contribution is 0.435. The van der Waals surface area contributed by atoms with Crippen molar-refractivity contribution in [3.05, 3.63) is 40.9 Å². The predicted octanol–water partition coefficient (Wildman–Crippen LogP) is 6.16. The zero-order valence-corrected chi connectivity index (χ0v) is 23.0. The van der Waals surface area contributed by atoms with Crippen molar-refractivity contribution < 1.29 is 0 Å². The monoisotopic (exact) mass is 526 g/mol. The Hall–Kier alpha value is -2.12. The maximum absolute atomic E-state index is 6.16. The Bertz CT molecular complexity index is 1030. The van der Waals surface area contributed by atoms with Gasteiger partial charge in [-0.3, -0.25) is 0 Å². The molecule has 0 bridgehead atoms. The number of piperidine rings is 2. The van der Waals surface area contributed by atoms with Crippen LogP contribution in [0.4, 0.5) is 17.6 Å². The van der Waals surface area contributed by atoms with Crippen LogP contribution in [0, 0.1) is 5.92 Å². The van der Waals surface area contributed by atoms with E-state index in [4.69, 9.17) is 33.8 Å². The molecule has 1 aromatic heterocycles. The van der Waals surface area contributed by atoms with Gasteiger partial charge in [0, 0.05) is 49.2 Å². The third kappa shape index (κ3) is 6.05. The molecule has 0 spiro atoms. The van der Waals surface area contributed by atoms with Gasteiger partial charge in [0.25, 0.3) is 0 Å². The number of anilines is 3. The number of hydrogen-bond acceptors (Lipinski definition) is 5. The molecule has 1 aliphatic carbocycles. The molecule has 1 aromatic carbocycles. The molecule has 2 aromatic rings. The topological polar surface area (TPSA) is 56.3 Å². The van der Waals surface area contributed by atoms with E-state index in [2.05, 4.69) is 45.6 Å². The first-order valence-electron chi connectivity index (χ1n) is 13.7. The van der Waals surface area contributed by atoms with E-state index >= 15 is 0 Å². The van der Waals surface area contributed by atoms with Crippen molar-refractivity contribution in [1.29, 1.82) is 0 Å². The summed E-state index contributed by atoms with van der Waals surface area (Å²) in [5.74, 6) is 3.30. The fourth-order valence-electron chi connectivity index (χ4n) is 6.14. The predicted molar refractivity (Wildman–Crippen MR) is 155 cm³/mol. The second kappa shape index (κ2) is 11.5. The molecule has 36 heavy (non-hydrogen) atoms. The van der Waals surface area contributed by atoms with Gasteiger partial charge in [0.1, 0.15) is 11.6 Å². The van der Waals surface area contributed by atoms with Gasteiger partial charge in [-0.15, -0.1) is 0 Å². The zero-order chi connectivity index (χ0) is 25.0. The number of aromatic nitrogens is 2. The van der Waals surface area contributed by atoms with Gasteiger partial charge in [-0.25, -0.2) is 0 Å². The van der Waals surface area contributed by atoms with Crippen molar-refractivity contribution in [3.63, 3.8) is 0 Å². The Morgan fingerprint density at radius 3 is 2.33 bits per heavy atom. The average Bonchev–Trinajstić information content (AvgIpc) is 3.38. The number of nitrogens with one attached hydrogen (secondary N) is 2. The fourth-order valence-corrected chi connectivity index (χ4v) is 6.43. The number of benzene rings is 1. The second-order valence-corrected chi connectivity index (χ2v) is 11.8. The molecule has 194 valence electrons. The number of thiocarbonyl (C=S) groups is 1. The van der Waals surface area contributed by atoms with Crippen molar-refractivity contribution in [3.8, 4) is 0 Å². The van der Waals surface area contributed by atoms with Crippen LogP contribution in [-0.4, -0.2) is 47.8 Å². The number of rotatable bonds is 6. The summed E-state index contributed by atoms with van der Waals surface area (Å²) in [4.78, 5) is 14.7. The lowest BCUT2D eigenvalue weighted by Gasteiger charge is -2.34. The van der Waals surface area contributed by atoms with Crippen LogP contribution >= 0.6 is 23.8 Å². The molecule has 3 aliphatic rings. The van der Waals surface area contributed by atoms with Crippen LogP contribution < -0.4 is 20.4 Å². The maximum Gasteiger partial charge on any atom is 0.232 e. The lowest BCUT2D eigenvalue weighted by Crippen LogP contribution is -2.41. The molecular weight excluding hydrogens is 488 g/mol. The van der Waals surface area contributed by atoms with Gasteiger partial charge >= 0.3 is 0 Å². The SMILES string of the molecule is CC1CCCN(c2cc(N3CCCCC3)nc(NC(=S)NCC3(c4ccc(Cl)cc4)CCCC3)n2)C1. The normalized spacial score (nSPS) is 21.9. The summed E-state index contributed by atoms with van der Waals surface area (Å²) in [6, 6.07) is 10.5. The molecule has 1 atom stereocenters. The van der Waals surface area contributed by atoms with Crippen LogP contribution in [0.3, 0.4) is 0 Å². The smallest absolute Gasteiger partial charge is 0.232 e. The van der Waals surface area contributed by atoms with Gasteiger partial charge in [-0.05, 0) is 80.8 Å². The van der Waals surface area contributed by atoms with Crippen molar-refractivity contribution in [2.45, 2.75) is 70.1 Å². The molecule has 8 heteroatoms. The van der Waals surface area contributed by atoms with Gasteiger partial charge in [-0.1, -0.05) is 43.5 Å². The molecule has 3 heterocycles. The van der Waals surface area contributed by atoms with Gasteiger partial charge in [0.2, 0.25) is 5.95 Å². The molecule has 2 aliphatic heterocycles. The Balaban J connectivity index is 1.31. The van der Waals surface area contributed by atoms with Crippen molar-refractivity contribution in [1.82, 2.24) is 15.3 Å². The van der Waals surface area contributed by atoms with E-state index in [9.17, 15) is 0 Å².